The number of benzene rings is 3. The van der Waals surface area contributed by atoms with Crippen molar-refractivity contribution in [3.05, 3.63) is 102 Å². The van der Waals surface area contributed by atoms with E-state index in [0.717, 1.165) is 11.3 Å². The highest BCUT2D eigenvalue weighted by molar-refractivity contribution is 5.40. The van der Waals surface area contributed by atoms with Gasteiger partial charge in [0.05, 0.1) is 0 Å². The van der Waals surface area contributed by atoms with E-state index in [1.807, 2.05) is 54.6 Å². The Balaban J connectivity index is 1.50. The lowest BCUT2D eigenvalue weighted by atomic mass is 10.0. The normalized spacial score (nSPS) is 19.3. The van der Waals surface area contributed by atoms with Crippen LogP contribution in [-0.4, -0.2) is 0 Å². The average Bonchev–Trinajstić information content (AvgIpc) is 3.42. The number of rotatable bonds is 5. The van der Waals surface area contributed by atoms with E-state index in [-0.39, 0.29) is 12.2 Å². The van der Waals surface area contributed by atoms with E-state index in [1.54, 1.807) is 0 Å². The van der Waals surface area contributed by atoms with E-state index in [9.17, 15) is 0 Å². The van der Waals surface area contributed by atoms with Crippen LogP contribution in [0.15, 0.2) is 84.9 Å². The molecule has 1 aliphatic heterocycles. The van der Waals surface area contributed by atoms with Gasteiger partial charge in [0, 0.05) is 5.56 Å². The highest BCUT2D eigenvalue weighted by atomic mass is 16.6. The van der Waals surface area contributed by atoms with Crippen molar-refractivity contribution in [2.24, 2.45) is 0 Å². The zero-order valence-corrected chi connectivity index (χ0v) is 12.8. The molecule has 0 N–H and O–H groups in total. The maximum absolute atomic E-state index is 6.03. The molecule has 0 amide bonds. The lowest BCUT2D eigenvalue weighted by Crippen LogP contribution is -1.98. The summed E-state index contributed by atoms with van der Waals surface area (Å²) < 4.78 is 11.9. The SMILES string of the molecule is c1ccc(COc2ccccc2[C@H]2O[C@@H]2c2ccccc2)cc1. The van der Waals surface area contributed by atoms with Crippen LogP contribution >= 0.6 is 0 Å². The molecule has 0 spiro atoms. The third kappa shape index (κ3) is 3.13. The lowest BCUT2D eigenvalue weighted by molar-refractivity contribution is 0.297. The van der Waals surface area contributed by atoms with Gasteiger partial charge in [0.15, 0.2) is 0 Å². The fraction of sp³-hybridized carbons (Fsp3) is 0.143. The Kier molecular flexibility index (Phi) is 3.83. The van der Waals surface area contributed by atoms with Crippen molar-refractivity contribution in [1.29, 1.82) is 0 Å². The average molecular weight is 302 g/mol. The van der Waals surface area contributed by atoms with Crippen LogP contribution in [0.5, 0.6) is 5.75 Å². The standard InChI is InChI=1S/C21H18O2/c1-3-9-16(10-4-1)15-22-19-14-8-7-13-18(19)21-20(23-21)17-11-5-2-6-12-17/h1-14,20-21H,15H2/t20-,21-/m1/s1. The molecule has 2 nitrogen and oxygen atoms in total. The van der Waals surface area contributed by atoms with Crippen molar-refractivity contribution < 1.29 is 9.47 Å². The third-order valence-electron chi connectivity index (χ3n) is 4.08. The first-order valence-corrected chi connectivity index (χ1v) is 7.88. The van der Waals surface area contributed by atoms with E-state index < -0.39 is 0 Å². The molecule has 0 bridgehead atoms. The summed E-state index contributed by atoms with van der Waals surface area (Å²) in [6.45, 7) is 0.570. The fourth-order valence-corrected chi connectivity index (χ4v) is 2.83. The second-order valence-corrected chi connectivity index (χ2v) is 5.70. The molecule has 114 valence electrons. The summed E-state index contributed by atoms with van der Waals surface area (Å²) in [5, 5.41) is 0. The number of ether oxygens (including phenoxy) is 2. The maximum Gasteiger partial charge on any atom is 0.125 e. The zero-order valence-electron chi connectivity index (χ0n) is 12.8. The summed E-state index contributed by atoms with van der Waals surface area (Å²) in [7, 11) is 0. The predicted octanol–water partition coefficient (Wildman–Crippen LogP) is 5.08. The van der Waals surface area contributed by atoms with Crippen molar-refractivity contribution in [2.75, 3.05) is 0 Å². The van der Waals surface area contributed by atoms with Gasteiger partial charge in [0.1, 0.15) is 24.6 Å². The van der Waals surface area contributed by atoms with Crippen molar-refractivity contribution in [2.45, 2.75) is 18.8 Å². The van der Waals surface area contributed by atoms with Crippen LogP contribution in [0.1, 0.15) is 28.9 Å². The van der Waals surface area contributed by atoms with Gasteiger partial charge in [-0.1, -0.05) is 78.9 Å². The van der Waals surface area contributed by atoms with Gasteiger partial charge >= 0.3 is 0 Å². The molecule has 4 rings (SSSR count). The number of hydrogen-bond acceptors (Lipinski definition) is 2. The first-order chi connectivity index (χ1) is 11.4. The summed E-state index contributed by atoms with van der Waals surface area (Å²) >= 11 is 0. The van der Waals surface area contributed by atoms with E-state index in [4.69, 9.17) is 9.47 Å². The minimum atomic E-state index is 0.0874. The van der Waals surface area contributed by atoms with E-state index in [0.29, 0.717) is 6.61 Å². The van der Waals surface area contributed by atoms with Gasteiger partial charge in [-0.2, -0.15) is 0 Å². The predicted molar refractivity (Wildman–Crippen MR) is 90.2 cm³/mol. The van der Waals surface area contributed by atoms with E-state index in [2.05, 4.69) is 30.3 Å². The Morgan fingerprint density at radius 3 is 2.13 bits per heavy atom. The third-order valence-corrected chi connectivity index (χ3v) is 4.08. The Labute approximate surface area is 136 Å². The van der Waals surface area contributed by atoms with Crippen molar-refractivity contribution in [3.63, 3.8) is 0 Å². The van der Waals surface area contributed by atoms with Crippen molar-refractivity contribution >= 4 is 0 Å². The molecule has 0 aromatic heterocycles. The summed E-state index contributed by atoms with van der Waals surface area (Å²) in [6.07, 6.45) is 0.224. The smallest absolute Gasteiger partial charge is 0.125 e. The minimum Gasteiger partial charge on any atom is -0.489 e. The highest BCUT2D eigenvalue weighted by Gasteiger charge is 2.42. The molecule has 1 aliphatic rings. The van der Waals surface area contributed by atoms with Crippen LogP contribution < -0.4 is 4.74 Å². The Morgan fingerprint density at radius 1 is 0.696 bits per heavy atom. The molecule has 1 fully saturated rings. The van der Waals surface area contributed by atoms with Gasteiger partial charge in [-0.05, 0) is 17.2 Å². The summed E-state index contributed by atoms with van der Waals surface area (Å²) in [6, 6.07) is 28.7. The molecule has 23 heavy (non-hydrogen) atoms. The van der Waals surface area contributed by atoms with Crippen LogP contribution in [-0.2, 0) is 11.3 Å². The molecule has 1 saturated heterocycles. The van der Waals surface area contributed by atoms with Crippen molar-refractivity contribution in [1.82, 2.24) is 0 Å². The topological polar surface area (TPSA) is 21.8 Å². The van der Waals surface area contributed by atoms with Gasteiger partial charge < -0.3 is 9.47 Å². The largest absolute Gasteiger partial charge is 0.489 e. The van der Waals surface area contributed by atoms with Gasteiger partial charge in [0.2, 0.25) is 0 Å². The number of para-hydroxylation sites is 1. The molecular formula is C21H18O2. The molecule has 0 aliphatic carbocycles. The molecule has 0 radical (unpaired) electrons. The first kappa shape index (κ1) is 14.0. The lowest BCUT2D eigenvalue weighted by Gasteiger charge is -2.10. The van der Waals surface area contributed by atoms with E-state index in [1.165, 1.54) is 11.1 Å². The fourth-order valence-electron chi connectivity index (χ4n) is 2.83. The van der Waals surface area contributed by atoms with Crippen LogP contribution in [0, 0.1) is 0 Å². The van der Waals surface area contributed by atoms with Crippen LogP contribution in [0.3, 0.4) is 0 Å². The van der Waals surface area contributed by atoms with Gasteiger partial charge in [-0.3, -0.25) is 0 Å². The molecule has 0 saturated carbocycles. The maximum atomic E-state index is 6.03. The molecule has 2 heteroatoms. The van der Waals surface area contributed by atoms with Crippen molar-refractivity contribution in [3.8, 4) is 5.75 Å². The second-order valence-electron chi connectivity index (χ2n) is 5.70. The van der Waals surface area contributed by atoms with Crippen LogP contribution in [0.4, 0.5) is 0 Å². The van der Waals surface area contributed by atoms with Crippen LogP contribution in [0.2, 0.25) is 0 Å². The number of hydrogen-bond donors (Lipinski definition) is 0. The molecule has 0 unspecified atom stereocenters. The number of epoxide rings is 1. The molecule has 3 aromatic carbocycles. The summed E-state index contributed by atoms with van der Waals surface area (Å²) in [5.74, 6) is 0.903. The van der Waals surface area contributed by atoms with E-state index >= 15 is 0 Å². The molecule has 3 aromatic rings. The first-order valence-electron chi connectivity index (χ1n) is 7.88. The second kappa shape index (κ2) is 6.27. The molecule has 2 atom stereocenters. The molecular weight excluding hydrogens is 284 g/mol. The monoisotopic (exact) mass is 302 g/mol. The Morgan fingerprint density at radius 2 is 1.35 bits per heavy atom. The Bertz CT molecular complexity index is 768. The van der Waals surface area contributed by atoms with Crippen LogP contribution in [0.25, 0.3) is 0 Å². The highest BCUT2D eigenvalue weighted by Crippen LogP contribution is 2.53. The molecule has 1 heterocycles. The summed E-state index contributed by atoms with van der Waals surface area (Å²) in [4.78, 5) is 0. The Hall–Kier alpha value is -2.58. The van der Waals surface area contributed by atoms with Gasteiger partial charge in [-0.25, -0.2) is 0 Å². The quantitative estimate of drug-likeness (QED) is 0.613. The van der Waals surface area contributed by atoms with Gasteiger partial charge in [0.25, 0.3) is 0 Å². The van der Waals surface area contributed by atoms with Gasteiger partial charge in [-0.15, -0.1) is 0 Å². The zero-order chi connectivity index (χ0) is 15.5. The minimum absolute atomic E-state index is 0.0874. The summed E-state index contributed by atoms with van der Waals surface area (Å²) in [5.41, 5.74) is 3.51.